The maximum Gasteiger partial charge on any atom is 0.408 e. The molecule has 32 heavy (non-hydrogen) atoms. The van der Waals surface area contributed by atoms with Gasteiger partial charge in [0.15, 0.2) is 5.82 Å². The zero-order chi connectivity index (χ0) is 23.6. The van der Waals surface area contributed by atoms with E-state index in [4.69, 9.17) is 9.26 Å². The summed E-state index contributed by atoms with van der Waals surface area (Å²) < 4.78 is 37.7. The van der Waals surface area contributed by atoms with Gasteiger partial charge in [-0.25, -0.2) is 13.2 Å². The summed E-state index contributed by atoms with van der Waals surface area (Å²) in [5.74, 6) is 0.738. The number of nitrogens with zero attached hydrogens (tertiary/aromatic N) is 4. The summed E-state index contributed by atoms with van der Waals surface area (Å²) in [6.45, 7) is 11.1. The van der Waals surface area contributed by atoms with Crippen molar-refractivity contribution in [3.05, 3.63) is 42.0 Å². The highest BCUT2D eigenvalue weighted by atomic mass is 32.2. The van der Waals surface area contributed by atoms with Crippen LogP contribution in [-0.4, -0.2) is 65.6 Å². The van der Waals surface area contributed by atoms with E-state index in [-0.39, 0.29) is 0 Å². The summed E-state index contributed by atoms with van der Waals surface area (Å²) in [6.07, 6.45) is -0.565. The number of carbonyl (C=O) groups is 1. The molecule has 11 heteroatoms. The smallest absolute Gasteiger partial charge is 0.408 e. The average molecular weight is 466 g/mol. The van der Waals surface area contributed by atoms with Gasteiger partial charge in [-0.1, -0.05) is 23.4 Å². The van der Waals surface area contributed by atoms with E-state index in [2.05, 4.69) is 20.4 Å². The SMILES string of the molecule is CC(C)(C)OC(=O)NC(C)(C)c1noc(CN2CCN(S(=O)(=O)c3ccccc3)CC2)n1. The van der Waals surface area contributed by atoms with Crippen LogP contribution in [0.1, 0.15) is 46.3 Å². The van der Waals surface area contributed by atoms with Gasteiger partial charge in [0.25, 0.3) is 0 Å². The number of piperazine rings is 1. The molecule has 0 atom stereocenters. The fraction of sp³-hybridized carbons (Fsp3) is 0.571. The number of sulfonamides is 1. The van der Waals surface area contributed by atoms with E-state index in [1.54, 1.807) is 65.0 Å². The van der Waals surface area contributed by atoms with Gasteiger partial charge in [-0.3, -0.25) is 4.90 Å². The first-order valence-electron chi connectivity index (χ1n) is 10.5. The summed E-state index contributed by atoms with van der Waals surface area (Å²) in [6, 6.07) is 8.44. The number of ether oxygens (including phenoxy) is 1. The third-order valence-corrected chi connectivity index (χ3v) is 6.82. The lowest BCUT2D eigenvalue weighted by Crippen LogP contribution is -2.48. The van der Waals surface area contributed by atoms with Crippen molar-refractivity contribution in [3.63, 3.8) is 0 Å². The lowest BCUT2D eigenvalue weighted by atomic mass is 10.1. The number of rotatable bonds is 6. The van der Waals surface area contributed by atoms with Gasteiger partial charge in [0, 0.05) is 26.2 Å². The Labute approximate surface area is 189 Å². The maximum absolute atomic E-state index is 12.8. The van der Waals surface area contributed by atoms with Gasteiger partial charge in [-0.2, -0.15) is 9.29 Å². The molecular formula is C21H31N5O5S. The molecule has 0 unspecified atom stereocenters. The number of amides is 1. The topological polar surface area (TPSA) is 118 Å². The molecule has 0 bridgehead atoms. The summed E-state index contributed by atoms with van der Waals surface area (Å²) in [5, 5.41) is 6.76. The number of aromatic nitrogens is 2. The molecule has 1 saturated heterocycles. The van der Waals surface area contributed by atoms with E-state index >= 15 is 0 Å². The number of carbonyl (C=O) groups excluding carboxylic acids is 1. The van der Waals surface area contributed by atoms with Gasteiger partial charge >= 0.3 is 6.09 Å². The molecule has 1 aromatic carbocycles. The van der Waals surface area contributed by atoms with Crippen LogP contribution in [0.3, 0.4) is 0 Å². The van der Waals surface area contributed by atoms with Crippen molar-refractivity contribution < 1.29 is 22.5 Å². The number of hydrogen-bond donors (Lipinski definition) is 1. The third-order valence-electron chi connectivity index (χ3n) is 4.91. The minimum atomic E-state index is -3.50. The van der Waals surface area contributed by atoms with Crippen molar-refractivity contribution in [2.75, 3.05) is 26.2 Å². The lowest BCUT2D eigenvalue weighted by molar-refractivity contribution is 0.0465. The Balaban J connectivity index is 1.56. The first-order chi connectivity index (χ1) is 14.9. The zero-order valence-corrected chi connectivity index (χ0v) is 20.0. The summed E-state index contributed by atoms with van der Waals surface area (Å²) in [4.78, 5) is 18.9. The second-order valence-electron chi connectivity index (χ2n) is 9.26. The molecule has 0 saturated carbocycles. The van der Waals surface area contributed by atoms with Gasteiger partial charge in [-0.05, 0) is 46.8 Å². The Morgan fingerprint density at radius 3 is 2.31 bits per heavy atom. The normalized spacial score (nSPS) is 16.7. The molecule has 1 aliphatic rings. The highest BCUT2D eigenvalue weighted by molar-refractivity contribution is 7.89. The second kappa shape index (κ2) is 9.16. The molecule has 0 spiro atoms. The fourth-order valence-electron chi connectivity index (χ4n) is 3.25. The van der Waals surface area contributed by atoms with Crippen LogP contribution in [-0.2, 0) is 26.8 Å². The molecule has 1 fully saturated rings. The molecule has 0 aliphatic carbocycles. The van der Waals surface area contributed by atoms with Crippen LogP contribution >= 0.6 is 0 Å². The van der Waals surface area contributed by atoms with Crippen LogP contribution in [0, 0.1) is 0 Å². The Morgan fingerprint density at radius 2 is 1.72 bits per heavy atom. The number of benzene rings is 1. The van der Waals surface area contributed by atoms with E-state index in [0.29, 0.717) is 49.3 Å². The van der Waals surface area contributed by atoms with Crippen molar-refractivity contribution in [3.8, 4) is 0 Å². The number of nitrogens with one attached hydrogen (secondary N) is 1. The molecule has 2 aromatic rings. The third kappa shape index (κ3) is 6.05. The van der Waals surface area contributed by atoms with E-state index in [9.17, 15) is 13.2 Å². The molecule has 1 aromatic heterocycles. The Morgan fingerprint density at radius 1 is 1.09 bits per heavy atom. The lowest BCUT2D eigenvalue weighted by Gasteiger charge is -2.33. The largest absolute Gasteiger partial charge is 0.444 e. The molecular weight excluding hydrogens is 434 g/mol. The molecule has 10 nitrogen and oxygen atoms in total. The maximum atomic E-state index is 12.8. The predicted octanol–water partition coefficient (Wildman–Crippen LogP) is 2.34. The van der Waals surface area contributed by atoms with Gasteiger partial charge in [0.2, 0.25) is 15.9 Å². The van der Waals surface area contributed by atoms with Crippen molar-refractivity contribution in [2.45, 2.75) is 57.2 Å². The average Bonchev–Trinajstić information content (AvgIpc) is 3.17. The van der Waals surface area contributed by atoms with Crippen molar-refractivity contribution in [1.82, 2.24) is 24.7 Å². The Bertz CT molecular complexity index is 1020. The van der Waals surface area contributed by atoms with Crippen LogP contribution in [0.5, 0.6) is 0 Å². The van der Waals surface area contributed by atoms with Gasteiger partial charge in [-0.15, -0.1) is 0 Å². The minimum absolute atomic E-state index is 0.301. The minimum Gasteiger partial charge on any atom is -0.444 e. The Hall–Kier alpha value is -2.50. The van der Waals surface area contributed by atoms with Crippen molar-refractivity contribution in [1.29, 1.82) is 0 Å². The first kappa shape index (κ1) is 24.1. The highest BCUT2D eigenvalue weighted by Crippen LogP contribution is 2.20. The first-order valence-corrected chi connectivity index (χ1v) is 11.9. The zero-order valence-electron chi connectivity index (χ0n) is 19.2. The van der Waals surface area contributed by atoms with Gasteiger partial charge < -0.3 is 14.6 Å². The van der Waals surface area contributed by atoms with Crippen molar-refractivity contribution >= 4 is 16.1 Å². The van der Waals surface area contributed by atoms with Crippen LogP contribution in [0.4, 0.5) is 4.79 Å². The quantitative estimate of drug-likeness (QED) is 0.691. The van der Waals surface area contributed by atoms with E-state index in [1.807, 2.05) is 0 Å². The number of alkyl carbamates (subject to hydrolysis) is 1. The molecule has 1 amide bonds. The van der Waals surface area contributed by atoms with Crippen molar-refractivity contribution in [2.24, 2.45) is 0 Å². The Kier molecular flexibility index (Phi) is 6.91. The van der Waals surface area contributed by atoms with Crippen LogP contribution in [0.15, 0.2) is 39.8 Å². The van der Waals surface area contributed by atoms with E-state index in [0.717, 1.165) is 0 Å². The summed E-state index contributed by atoms with van der Waals surface area (Å²) in [7, 11) is -3.50. The molecule has 0 radical (unpaired) electrons. The molecule has 2 heterocycles. The summed E-state index contributed by atoms with van der Waals surface area (Å²) >= 11 is 0. The van der Waals surface area contributed by atoms with Crippen LogP contribution < -0.4 is 5.32 Å². The van der Waals surface area contributed by atoms with E-state index < -0.39 is 27.3 Å². The molecule has 3 rings (SSSR count). The fourth-order valence-corrected chi connectivity index (χ4v) is 4.69. The van der Waals surface area contributed by atoms with Crippen LogP contribution in [0.2, 0.25) is 0 Å². The molecule has 176 valence electrons. The second-order valence-corrected chi connectivity index (χ2v) is 11.2. The predicted molar refractivity (Wildman–Crippen MR) is 117 cm³/mol. The van der Waals surface area contributed by atoms with E-state index in [1.165, 1.54) is 4.31 Å². The monoisotopic (exact) mass is 465 g/mol. The highest BCUT2D eigenvalue weighted by Gasteiger charge is 2.32. The standard InChI is InChI=1S/C21H31N5O5S/c1-20(2,3)30-19(27)23-21(4,5)18-22-17(31-24-18)15-25-11-13-26(14-12-25)32(28,29)16-9-7-6-8-10-16/h6-10H,11-15H2,1-5H3,(H,23,27). The molecule has 1 aliphatic heterocycles. The number of hydrogen-bond acceptors (Lipinski definition) is 8. The summed E-state index contributed by atoms with van der Waals surface area (Å²) in [5.41, 5.74) is -1.49. The molecule has 1 N–H and O–H groups in total. The van der Waals surface area contributed by atoms with Crippen LogP contribution in [0.25, 0.3) is 0 Å². The van der Waals surface area contributed by atoms with Gasteiger partial charge in [0.05, 0.1) is 11.4 Å². The van der Waals surface area contributed by atoms with Gasteiger partial charge in [0.1, 0.15) is 11.1 Å².